The van der Waals surface area contributed by atoms with Crippen molar-refractivity contribution in [2.24, 2.45) is 0 Å². The SMILES string of the molecule is Cc1cnccc1C1(O)CCC2(CC1)OCCO2. The zero-order chi connectivity index (χ0) is 12.6. The predicted molar refractivity (Wildman–Crippen MR) is 66.0 cm³/mol. The van der Waals surface area contributed by atoms with Gasteiger partial charge >= 0.3 is 0 Å². The molecule has 3 rings (SSSR count). The van der Waals surface area contributed by atoms with E-state index in [1.54, 1.807) is 12.4 Å². The van der Waals surface area contributed by atoms with Gasteiger partial charge in [0.1, 0.15) is 0 Å². The van der Waals surface area contributed by atoms with Crippen LogP contribution in [0.5, 0.6) is 0 Å². The van der Waals surface area contributed by atoms with E-state index in [9.17, 15) is 5.11 Å². The molecule has 2 aliphatic rings. The Kier molecular flexibility index (Phi) is 2.88. The zero-order valence-electron chi connectivity index (χ0n) is 10.7. The van der Waals surface area contributed by atoms with Crippen molar-refractivity contribution in [2.75, 3.05) is 13.2 Å². The second-order valence-electron chi connectivity index (χ2n) is 5.33. The molecule has 98 valence electrons. The average molecular weight is 249 g/mol. The summed E-state index contributed by atoms with van der Waals surface area (Å²) in [6, 6.07) is 1.92. The van der Waals surface area contributed by atoms with Crippen molar-refractivity contribution in [3.63, 3.8) is 0 Å². The lowest BCUT2D eigenvalue weighted by molar-refractivity contribution is -0.204. The van der Waals surface area contributed by atoms with Crippen molar-refractivity contribution in [2.45, 2.75) is 44.0 Å². The van der Waals surface area contributed by atoms with Crippen molar-refractivity contribution in [3.05, 3.63) is 29.6 Å². The summed E-state index contributed by atoms with van der Waals surface area (Å²) in [5, 5.41) is 10.8. The second-order valence-corrected chi connectivity index (χ2v) is 5.33. The van der Waals surface area contributed by atoms with Gasteiger partial charge in [-0.15, -0.1) is 0 Å². The van der Waals surface area contributed by atoms with Crippen LogP contribution in [0.15, 0.2) is 18.5 Å². The van der Waals surface area contributed by atoms with Gasteiger partial charge in [0.2, 0.25) is 0 Å². The molecule has 0 unspecified atom stereocenters. The summed E-state index contributed by atoms with van der Waals surface area (Å²) in [5.41, 5.74) is 1.28. The van der Waals surface area contributed by atoms with Gasteiger partial charge in [-0.2, -0.15) is 0 Å². The van der Waals surface area contributed by atoms with Crippen LogP contribution < -0.4 is 0 Å². The third kappa shape index (κ3) is 1.94. The van der Waals surface area contributed by atoms with Gasteiger partial charge < -0.3 is 14.6 Å². The van der Waals surface area contributed by atoms with E-state index in [2.05, 4.69) is 4.98 Å². The number of hydrogen-bond acceptors (Lipinski definition) is 4. The van der Waals surface area contributed by atoms with E-state index in [0.29, 0.717) is 26.1 Å². The molecule has 1 saturated heterocycles. The summed E-state index contributed by atoms with van der Waals surface area (Å²) in [4.78, 5) is 4.08. The summed E-state index contributed by atoms with van der Waals surface area (Å²) in [6.07, 6.45) is 6.42. The highest BCUT2D eigenvalue weighted by atomic mass is 16.7. The third-order valence-corrected chi connectivity index (χ3v) is 4.17. The van der Waals surface area contributed by atoms with E-state index < -0.39 is 11.4 Å². The van der Waals surface area contributed by atoms with Gasteiger partial charge in [-0.25, -0.2) is 0 Å². The summed E-state index contributed by atoms with van der Waals surface area (Å²) < 4.78 is 11.4. The van der Waals surface area contributed by atoms with Gasteiger partial charge in [0.15, 0.2) is 5.79 Å². The Hall–Kier alpha value is -0.970. The lowest BCUT2D eigenvalue weighted by Crippen LogP contribution is -2.42. The number of rotatable bonds is 1. The second kappa shape index (κ2) is 4.30. The Morgan fingerprint density at radius 3 is 2.44 bits per heavy atom. The average Bonchev–Trinajstić information content (AvgIpc) is 2.83. The Morgan fingerprint density at radius 1 is 1.17 bits per heavy atom. The molecule has 1 N–H and O–H groups in total. The van der Waals surface area contributed by atoms with E-state index >= 15 is 0 Å². The molecule has 4 nitrogen and oxygen atoms in total. The predicted octanol–water partition coefficient (Wildman–Crippen LogP) is 1.89. The summed E-state index contributed by atoms with van der Waals surface area (Å²) in [7, 11) is 0. The smallest absolute Gasteiger partial charge is 0.168 e. The number of ether oxygens (including phenoxy) is 2. The molecule has 0 bridgehead atoms. The third-order valence-electron chi connectivity index (χ3n) is 4.17. The van der Waals surface area contributed by atoms with Gasteiger partial charge in [0.05, 0.1) is 18.8 Å². The Labute approximate surface area is 107 Å². The van der Waals surface area contributed by atoms with Crippen LogP contribution in [0.2, 0.25) is 0 Å². The van der Waals surface area contributed by atoms with Crippen LogP contribution in [0.1, 0.15) is 36.8 Å². The standard InChI is InChI=1S/C14H19NO3/c1-11-10-15-7-2-12(11)13(16)3-5-14(6-4-13)17-8-9-18-14/h2,7,10,16H,3-6,8-9H2,1H3. The Balaban J connectivity index is 1.80. The molecular weight excluding hydrogens is 230 g/mol. The van der Waals surface area contributed by atoms with E-state index in [-0.39, 0.29) is 0 Å². The molecule has 1 spiro atoms. The van der Waals surface area contributed by atoms with E-state index in [1.165, 1.54) is 0 Å². The molecular formula is C14H19NO3. The van der Waals surface area contributed by atoms with Crippen LogP contribution in [0, 0.1) is 6.92 Å². The highest BCUT2D eigenvalue weighted by Crippen LogP contribution is 2.45. The van der Waals surface area contributed by atoms with E-state index in [1.807, 2.05) is 13.0 Å². The fourth-order valence-electron chi connectivity index (χ4n) is 3.10. The molecule has 0 aromatic carbocycles. The maximum atomic E-state index is 10.8. The first kappa shape index (κ1) is 12.1. The molecule has 0 atom stereocenters. The first-order valence-corrected chi connectivity index (χ1v) is 6.55. The lowest BCUT2D eigenvalue weighted by Gasteiger charge is -2.41. The van der Waals surface area contributed by atoms with E-state index in [0.717, 1.165) is 24.0 Å². The lowest BCUT2D eigenvalue weighted by atomic mass is 9.76. The highest BCUT2D eigenvalue weighted by molar-refractivity contribution is 5.29. The van der Waals surface area contributed by atoms with Crippen LogP contribution in [-0.2, 0) is 15.1 Å². The first-order valence-electron chi connectivity index (χ1n) is 6.55. The van der Waals surface area contributed by atoms with E-state index in [4.69, 9.17) is 9.47 Å². The molecule has 18 heavy (non-hydrogen) atoms. The Bertz CT molecular complexity index is 430. The molecule has 4 heteroatoms. The van der Waals surface area contributed by atoms with Crippen LogP contribution in [0.3, 0.4) is 0 Å². The topological polar surface area (TPSA) is 51.6 Å². The molecule has 2 fully saturated rings. The van der Waals surface area contributed by atoms with Crippen molar-refractivity contribution < 1.29 is 14.6 Å². The van der Waals surface area contributed by atoms with Crippen molar-refractivity contribution in [1.82, 2.24) is 4.98 Å². The minimum atomic E-state index is -0.756. The van der Waals surface area contributed by atoms with Gasteiger partial charge in [-0.05, 0) is 37.0 Å². The summed E-state index contributed by atoms with van der Waals surface area (Å²) in [5.74, 6) is -0.423. The number of hydrogen-bond donors (Lipinski definition) is 1. The molecule has 1 aromatic heterocycles. The van der Waals surface area contributed by atoms with Gasteiger partial charge in [-0.1, -0.05) is 0 Å². The van der Waals surface area contributed by atoms with Crippen molar-refractivity contribution in [1.29, 1.82) is 0 Å². The minimum Gasteiger partial charge on any atom is -0.385 e. The molecule has 1 aliphatic carbocycles. The monoisotopic (exact) mass is 249 g/mol. The van der Waals surface area contributed by atoms with Crippen LogP contribution in [0.4, 0.5) is 0 Å². The summed E-state index contributed by atoms with van der Waals surface area (Å²) in [6.45, 7) is 3.34. The quantitative estimate of drug-likeness (QED) is 0.826. The van der Waals surface area contributed by atoms with Gasteiger partial charge in [-0.3, -0.25) is 4.98 Å². The molecule has 0 amide bonds. The fourth-order valence-corrected chi connectivity index (χ4v) is 3.10. The molecule has 2 heterocycles. The number of aromatic nitrogens is 1. The first-order chi connectivity index (χ1) is 8.64. The zero-order valence-corrected chi connectivity index (χ0v) is 10.7. The number of pyridine rings is 1. The molecule has 1 aromatic rings. The van der Waals surface area contributed by atoms with Gasteiger partial charge in [0, 0.05) is 25.2 Å². The normalized spacial score (nSPS) is 25.4. The van der Waals surface area contributed by atoms with Gasteiger partial charge in [0.25, 0.3) is 0 Å². The maximum Gasteiger partial charge on any atom is 0.168 e. The molecule has 1 aliphatic heterocycles. The Morgan fingerprint density at radius 2 is 1.83 bits per heavy atom. The largest absolute Gasteiger partial charge is 0.385 e. The van der Waals surface area contributed by atoms with Crippen molar-refractivity contribution >= 4 is 0 Å². The molecule has 1 saturated carbocycles. The fraction of sp³-hybridized carbons (Fsp3) is 0.643. The number of nitrogens with zero attached hydrogens (tertiary/aromatic N) is 1. The van der Waals surface area contributed by atoms with Crippen LogP contribution in [0.25, 0.3) is 0 Å². The van der Waals surface area contributed by atoms with Crippen LogP contribution in [-0.4, -0.2) is 29.1 Å². The number of aliphatic hydroxyl groups is 1. The van der Waals surface area contributed by atoms with Crippen LogP contribution >= 0.6 is 0 Å². The number of aryl methyl sites for hydroxylation is 1. The maximum absolute atomic E-state index is 10.8. The van der Waals surface area contributed by atoms with Crippen molar-refractivity contribution in [3.8, 4) is 0 Å². The summed E-state index contributed by atoms with van der Waals surface area (Å²) >= 11 is 0. The highest BCUT2D eigenvalue weighted by Gasteiger charge is 2.46. The minimum absolute atomic E-state index is 0.423. The molecule has 0 radical (unpaired) electrons.